The number of nitrogens with zero attached hydrogens (tertiary/aromatic N) is 1. The van der Waals surface area contributed by atoms with Gasteiger partial charge in [0.2, 0.25) is 0 Å². The van der Waals surface area contributed by atoms with Crippen molar-refractivity contribution in [3.8, 4) is 0 Å². The summed E-state index contributed by atoms with van der Waals surface area (Å²) in [5, 5.41) is 11.8. The van der Waals surface area contributed by atoms with E-state index >= 15 is 0 Å². The number of benzene rings is 2. The second kappa shape index (κ2) is 4.49. The Morgan fingerprint density at radius 2 is 2.05 bits per heavy atom. The fraction of sp³-hybridized carbons (Fsp3) is 0. The van der Waals surface area contributed by atoms with Crippen LogP contribution in [0.4, 0.5) is 5.69 Å². The largest absolute Gasteiger partial charge is 0.361 e. The second-order valence-corrected chi connectivity index (χ2v) is 4.87. The summed E-state index contributed by atoms with van der Waals surface area (Å²) in [4.78, 5) is 15.6. The quantitative estimate of drug-likeness (QED) is 0.525. The van der Waals surface area contributed by atoms with Crippen LogP contribution in [0.15, 0.2) is 54.9 Å². The summed E-state index contributed by atoms with van der Waals surface area (Å²) in [7, 11) is 0. The molecule has 0 radical (unpaired) electrons. The Labute approximate surface area is 120 Å². The van der Waals surface area contributed by atoms with Crippen molar-refractivity contribution in [2.45, 2.75) is 0 Å². The van der Waals surface area contributed by atoms with Gasteiger partial charge in [-0.1, -0.05) is 12.1 Å². The van der Waals surface area contributed by atoms with E-state index in [1.54, 1.807) is 6.20 Å². The van der Waals surface area contributed by atoms with Crippen molar-refractivity contribution in [1.82, 2.24) is 15.2 Å². The topological polar surface area (TPSA) is 73.6 Å². The number of aromatic nitrogens is 3. The monoisotopic (exact) mass is 276 g/mol. The summed E-state index contributed by atoms with van der Waals surface area (Å²) in [6.07, 6.45) is 3.57. The van der Waals surface area contributed by atoms with Gasteiger partial charge < -0.3 is 10.3 Å². The van der Waals surface area contributed by atoms with E-state index in [0.717, 1.165) is 27.5 Å². The molecule has 0 aliphatic heterocycles. The van der Waals surface area contributed by atoms with Gasteiger partial charge >= 0.3 is 0 Å². The number of rotatable bonds is 2. The number of H-pyrrole nitrogens is 2. The van der Waals surface area contributed by atoms with Crippen molar-refractivity contribution in [3.63, 3.8) is 0 Å². The van der Waals surface area contributed by atoms with E-state index in [9.17, 15) is 4.79 Å². The molecule has 3 N–H and O–H groups in total. The van der Waals surface area contributed by atoms with Crippen LogP contribution >= 0.6 is 0 Å². The summed E-state index contributed by atoms with van der Waals surface area (Å²) in [5.41, 5.74) is 3.17. The highest BCUT2D eigenvalue weighted by molar-refractivity contribution is 6.12. The Morgan fingerprint density at radius 3 is 3.00 bits per heavy atom. The van der Waals surface area contributed by atoms with Crippen LogP contribution in [-0.2, 0) is 0 Å². The molecule has 2 aromatic heterocycles. The molecule has 102 valence electrons. The van der Waals surface area contributed by atoms with Crippen LogP contribution in [0.25, 0.3) is 21.8 Å². The predicted octanol–water partition coefficient (Wildman–Crippen LogP) is 3.30. The molecule has 0 spiro atoms. The lowest BCUT2D eigenvalue weighted by atomic mass is 10.1. The van der Waals surface area contributed by atoms with Crippen molar-refractivity contribution in [2.24, 2.45) is 0 Å². The average molecular weight is 276 g/mol. The molecule has 5 nitrogen and oxygen atoms in total. The molecule has 0 unspecified atom stereocenters. The molecule has 2 heterocycles. The smallest absolute Gasteiger partial charge is 0.257 e. The first kappa shape index (κ1) is 11.7. The zero-order valence-corrected chi connectivity index (χ0v) is 11.1. The lowest BCUT2D eigenvalue weighted by molar-refractivity contribution is 0.102. The highest BCUT2D eigenvalue weighted by Gasteiger charge is 2.11. The summed E-state index contributed by atoms with van der Waals surface area (Å²) < 4.78 is 0. The van der Waals surface area contributed by atoms with Gasteiger partial charge in [0.05, 0.1) is 22.8 Å². The molecule has 0 saturated heterocycles. The fourth-order valence-corrected chi connectivity index (χ4v) is 2.49. The Bertz CT molecular complexity index is 951. The van der Waals surface area contributed by atoms with Gasteiger partial charge in [-0.05, 0) is 30.3 Å². The third-order valence-electron chi connectivity index (χ3n) is 3.53. The number of anilines is 1. The molecule has 4 rings (SSSR count). The number of para-hydroxylation sites is 1. The van der Waals surface area contributed by atoms with Gasteiger partial charge in [0.25, 0.3) is 5.91 Å². The maximum Gasteiger partial charge on any atom is 0.257 e. The third-order valence-corrected chi connectivity index (χ3v) is 3.53. The number of hydrogen-bond donors (Lipinski definition) is 3. The maximum absolute atomic E-state index is 12.4. The van der Waals surface area contributed by atoms with Gasteiger partial charge in [0.15, 0.2) is 0 Å². The molecule has 1 amide bonds. The summed E-state index contributed by atoms with van der Waals surface area (Å²) in [5.74, 6) is -0.133. The van der Waals surface area contributed by atoms with Gasteiger partial charge in [0, 0.05) is 22.7 Å². The molecule has 0 aliphatic carbocycles. The number of aromatic amines is 2. The minimum Gasteiger partial charge on any atom is -0.361 e. The molecular formula is C16H12N4O. The van der Waals surface area contributed by atoms with Crippen LogP contribution in [0.3, 0.4) is 0 Å². The molecule has 4 aromatic rings. The average Bonchev–Trinajstić information content (AvgIpc) is 3.14. The van der Waals surface area contributed by atoms with E-state index in [1.165, 1.54) is 0 Å². The molecule has 5 heteroatoms. The first-order chi connectivity index (χ1) is 10.3. The summed E-state index contributed by atoms with van der Waals surface area (Å²) >= 11 is 0. The van der Waals surface area contributed by atoms with Gasteiger partial charge in [-0.3, -0.25) is 9.89 Å². The van der Waals surface area contributed by atoms with Crippen molar-refractivity contribution >= 4 is 33.4 Å². The first-order valence-electron chi connectivity index (χ1n) is 6.62. The van der Waals surface area contributed by atoms with Gasteiger partial charge in [-0.25, -0.2) is 0 Å². The van der Waals surface area contributed by atoms with E-state index in [4.69, 9.17) is 0 Å². The van der Waals surface area contributed by atoms with Gasteiger partial charge in [-0.15, -0.1) is 0 Å². The molecule has 0 bridgehead atoms. The SMILES string of the molecule is O=C(Nc1ccc2[nH]ncc2c1)c1cccc2cc[nH]c12. The van der Waals surface area contributed by atoms with Crippen molar-refractivity contribution in [3.05, 3.63) is 60.4 Å². The standard InChI is InChI=1S/C16H12N4O/c21-16(13-3-1-2-10-6-7-17-15(10)13)19-12-4-5-14-11(8-12)9-18-20-14/h1-9,17H,(H,18,20)(H,19,21). The number of fused-ring (bicyclic) bond motifs is 2. The number of hydrogen-bond acceptors (Lipinski definition) is 2. The van der Waals surface area contributed by atoms with Crippen LogP contribution in [-0.4, -0.2) is 21.1 Å². The van der Waals surface area contributed by atoms with Gasteiger partial charge in [0.1, 0.15) is 0 Å². The van der Waals surface area contributed by atoms with E-state index < -0.39 is 0 Å². The highest BCUT2D eigenvalue weighted by atomic mass is 16.1. The van der Waals surface area contributed by atoms with Crippen LogP contribution in [0.2, 0.25) is 0 Å². The third kappa shape index (κ3) is 1.95. The predicted molar refractivity (Wildman–Crippen MR) is 82.3 cm³/mol. The van der Waals surface area contributed by atoms with Crippen LogP contribution in [0.5, 0.6) is 0 Å². The van der Waals surface area contributed by atoms with Gasteiger partial charge in [-0.2, -0.15) is 5.10 Å². The van der Waals surface area contributed by atoms with E-state index in [1.807, 2.05) is 48.7 Å². The van der Waals surface area contributed by atoms with Crippen LogP contribution in [0.1, 0.15) is 10.4 Å². The zero-order valence-electron chi connectivity index (χ0n) is 11.1. The number of carbonyl (C=O) groups is 1. The lowest BCUT2D eigenvalue weighted by Gasteiger charge is -2.06. The van der Waals surface area contributed by atoms with Crippen molar-refractivity contribution in [2.75, 3.05) is 5.32 Å². The first-order valence-corrected chi connectivity index (χ1v) is 6.62. The summed E-state index contributed by atoms with van der Waals surface area (Å²) in [6, 6.07) is 13.3. The van der Waals surface area contributed by atoms with E-state index in [2.05, 4.69) is 20.5 Å². The zero-order chi connectivity index (χ0) is 14.2. The van der Waals surface area contributed by atoms with E-state index in [0.29, 0.717) is 5.56 Å². The lowest BCUT2D eigenvalue weighted by Crippen LogP contribution is -2.12. The Balaban J connectivity index is 1.70. The molecule has 0 fully saturated rings. The highest BCUT2D eigenvalue weighted by Crippen LogP contribution is 2.20. The van der Waals surface area contributed by atoms with Crippen molar-refractivity contribution in [1.29, 1.82) is 0 Å². The van der Waals surface area contributed by atoms with Crippen LogP contribution < -0.4 is 5.32 Å². The summed E-state index contributed by atoms with van der Waals surface area (Å²) in [6.45, 7) is 0. The fourth-order valence-electron chi connectivity index (χ4n) is 2.49. The Kier molecular flexibility index (Phi) is 2.50. The minimum absolute atomic E-state index is 0.133. The Hall–Kier alpha value is -3.08. The normalized spacial score (nSPS) is 11.0. The molecule has 2 aromatic carbocycles. The van der Waals surface area contributed by atoms with Crippen LogP contribution in [0, 0.1) is 0 Å². The minimum atomic E-state index is -0.133. The van der Waals surface area contributed by atoms with E-state index in [-0.39, 0.29) is 5.91 Å². The Morgan fingerprint density at radius 1 is 1.10 bits per heavy atom. The maximum atomic E-state index is 12.4. The van der Waals surface area contributed by atoms with Crippen molar-refractivity contribution < 1.29 is 4.79 Å². The molecular weight excluding hydrogens is 264 g/mol. The second-order valence-electron chi connectivity index (χ2n) is 4.87. The molecule has 21 heavy (non-hydrogen) atoms. The molecule has 0 saturated carbocycles. The number of carbonyl (C=O) groups excluding carboxylic acids is 1. The number of nitrogens with one attached hydrogen (secondary N) is 3. The molecule has 0 aliphatic rings. The number of amides is 1. The molecule has 0 atom stereocenters.